The van der Waals surface area contributed by atoms with E-state index in [1.54, 1.807) is 6.33 Å². The van der Waals surface area contributed by atoms with Gasteiger partial charge in [-0.25, -0.2) is 9.97 Å². The highest BCUT2D eigenvalue weighted by atomic mass is 127. The van der Waals surface area contributed by atoms with E-state index < -0.39 is 0 Å². The lowest BCUT2D eigenvalue weighted by atomic mass is 10.1. The van der Waals surface area contributed by atoms with Gasteiger partial charge in [0, 0.05) is 12.2 Å². The van der Waals surface area contributed by atoms with Crippen molar-refractivity contribution in [3.8, 4) is 0 Å². The lowest BCUT2D eigenvalue weighted by Gasteiger charge is -2.17. The van der Waals surface area contributed by atoms with E-state index in [-0.39, 0.29) is 0 Å². The van der Waals surface area contributed by atoms with Gasteiger partial charge in [0.25, 0.3) is 0 Å². The van der Waals surface area contributed by atoms with Crippen molar-refractivity contribution in [1.82, 2.24) is 9.97 Å². The number of halogens is 1. The molecule has 1 aromatic heterocycles. The molecular formula is C10H16IN3. The summed E-state index contributed by atoms with van der Waals surface area (Å²) in [5, 5.41) is 3.44. The van der Waals surface area contributed by atoms with E-state index in [1.165, 1.54) is 12.8 Å². The van der Waals surface area contributed by atoms with Gasteiger partial charge in [0.15, 0.2) is 0 Å². The van der Waals surface area contributed by atoms with Crippen LogP contribution in [0.3, 0.4) is 0 Å². The first-order chi connectivity index (χ1) is 6.77. The van der Waals surface area contributed by atoms with Crippen molar-refractivity contribution < 1.29 is 0 Å². The molecule has 1 heterocycles. The zero-order valence-electron chi connectivity index (χ0n) is 8.63. The summed E-state index contributed by atoms with van der Waals surface area (Å²) in [5.41, 5.74) is 0. The van der Waals surface area contributed by atoms with Gasteiger partial charge < -0.3 is 5.32 Å². The second-order valence-electron chi connectivity index (χ2n) is 3.26. The van der Waals surface area contributed by atoms with Crippen LogP contribution in [-0.4, -0.2) is 16.0 Å². The average molecular weight is 305 g/mol. The fraction of sp³-hybridized carbons (Fsp3) is 0.600. The maximum atomic E-state index is 4.22. The average Bonchev–Trinajstić information content (AvgIpc) is 2.20. The molecule has 4 heteroatoms. The minimum Gasteiger partial charge on any atom is -0.366 e. The Morgan fingerprint density at radius 1 is 1.50 bits per heavy atom. The van der Waals surface area contributed by atoms with Crippen molar-refractivity contribution in [2.24, 2.45) is 0 Å². The van der Waals surface area contributed by atoms with Gasteiger partial charge in [0.2, 0.25) is 0 Å². The first-order valence-corrected chi connectivity index (χ1v) is 6.07. The Kier molecular flexibility index (Phi) is 5.14. The van der Waals surface area contributed by atoms with Gasteiger partial charge in [-0.05, 0) is 35.4 Å². The molecule has 0 spiro atoms. The van der Waals surface area contributed by atoms with Gasteiger partial charge >= 0.3 is 0 Å². The van der Waals surface area contributed by atoms with Gasteiger partial charge in [-0.2, -0.15) is 0 Å². The highest BCUT2D eigenvalue weighted by Crippen LogP contribution is 2.16. The van der Waals surface area contributed by atoms with Gasteiger partial charge in [0.1, 0.15) is 12.1 Å². The topological polar surface area (TPSA) is 37.8 Å². The molecule has 0 bridgehead atoms. The molecule has 0 fully saturated rings. The quantitative estimate of drug-likeness (QED) is 0.850. The Balaban J connectivity index is 2.62. The number of hydrogen-bond acceptors (Lipinski definition) is 3. The maximum Gasteiger partial charge on any atom is 0.143 e. The fourth-order valence-corrected chi connectivity index (χ4v) is 1.79. The number of nitrogens with one attached hydrogen (secondary N) is 1. The Bertz CT molecular complexity index is 278. The summed E-state index contributed by atoms with van der Waals surface area (Å²) in [6.45, 7) is 4.40. The highest BCUT2D eigenvalue weighted by Gasteiger charge is 2.07. The Morgan fingerprint density at radius 3 is 2.86 bits per heavy atom. The fourth-order valence-electron chi connectivity index (χ4n) is 1.34. The molecule has 1 atom stereocenters. The van der Waals surface area contributed by atoms with E-state index in [9.17, 15) is 0 Å². The number of rotatable bonds is 5. The summed E-state index contributed by atoms with van der Waals surface area (Å²) in [4.78, 5) is 8.18. The molecule has 0 saturated carbocycles. The molecular weight excluding hydrogens is 289 g/mol. The molecule has 0 radical (unpaired) electrons. The molecule has 0 aliphatic heterocycles. The summed E-state index contributed by atoms with van der Waals surface area (Å²) in [6, 6.07) is 0.531. The van der Waals surface area contributed by atoms with E-state index in [4.69, 9.17) is 0 Å². The molecule has 14 heavy (non-hydrogen) atoms. The van der Waals surface area contributed by atoms with Crippen molar-refractivity contribution in [3.05, 3.63) is 16.1 Å². The molecule has 1 unspecified atom stereocenters. The third-order valence-electron chi connectivity index (χ3n) is 2.14. The van der Waals surface area contributed by atoms with E-state index in [2.05, 4.69) is 51.7 Å². The van der Waals surface area contributed by atoms with Gasteiger partial charge in [-0.1, -0.05) is 20.3 Å². The number of nitrogens with zero attached hydrogens (tertiary/aromatic N) is 2. The number of aromatic nitrogens is 2. The van der Waals surface area contributed by atoms with Crippen LogP contribution in [0.4, 0.5) is 5.82 Å². The zero-order chi connectivity index (χ0) is 10.4. The van der Waals surface area contributed by atoms with Crippen LogP contribution in [0, 0.1) is 3.57 Å². The standard InChI is InChI=1S/C10H16IN3/c1-3-5-8(4-2)14-10-9(11)6-12-7-13-10/h6-8H,3-5H2,1-2H3,(H,12,13,14). The Morgan fingerprint density at radius 2 is 2.29 bits per heavy atom. The van der Waals surface area contributed by atoms with Gasteiger partial charge in [-0.15, -0.1) is 0 Å². The Labute approximate surface area is 98.9 Å². The molecule has 1 aromatic rings. The maximum absolute atomic E-state index is 4.22. The Hall–Kier alpha value is -0.390. The second-order valence-corrected chi connectivity index (χ2v) is 4.42. The number of hydrogen-bond donors (Lipinski definition) is 1. The normalized spacial score (nSPS) is 12.5. The van der Waals surface area contributed by atoms with E-state index in [0.29, 0.717) is 6.04 Å². The molecule has 0 amide bonds. The summed E-state index contributed by atoms with van der Waals surface area (Å²) in [7, 11) is 0. The van der Waals surface area contributed by atoms with Crippen molar-refractivity contribution in [3.63, 3.8) is 0 Å². The first-order valence-electron chi connectivity index (χ1n) is 5.00. The predicted molar refractivity (Wildman–Crippen MR) is 67.4 cm³/mol. The predicted octanol–water partition coefficient (Wildman–Crippen LogP) is 3.07. The molecule has 1 rings (SSSR count). The van der Waals surface area contributed by atoms with Crippen molar-refractivity contribution in [1.29, 1.82) is 0 Å². The van der Waals surface area contributed by atoms with Crippen LogP contribution in [0.15, 0.2) is 12.5 Å². The minimum atomic E-state index is 0.531. The summed E-state index contributed by atoms with van der Waals surface area (Å²) >= 11 is 2.25. The molecule has 78 valence electrons. The van der Waals surface area contributed by atoms with Crippen LogP contribution < -0.4 is 5.32 Å². The molecule has 1 N–H and O–H groups in total. The van der Waals surface area contributed by atoms with E-state index >= 15 is 0 Å². The molecule has 0 aliphatic rings. The smallest absolute Gasteiger partial charge is 0.143 e. The van der Waals surface area contributed by atoms with Crippen molar-refractivity contribution in [2.75, 3.05) is 5.32 Å². The van der Waals surface area contributed by atoms with Crippen LogP contribution in [0.25, 0.3) is 0 Å². The third kappa shape index (κ3) is 3.40. The van der Waals surface area contributed by atoms with Gasteiger partial charge in [-0.3, -0.25) is 0 Å². The van der Waals surface area contributed by atoms with Crippen molar-refractivity contribution >= 4 is 28.4 Å². The second kappa shape index (κ2) is 6.16. The van der Waals surface area contributed by atoms with Crippen LogP contribution in [0.1, 0.15) is 33.1 Å². The van der Waals surface area contributed by atoms with Crippen molar-refractivity contribution in [2.45, 2.75) is 39.2 Å². The first kappa shape index (κ1) is 11.7. The van der Waals surface area contributed by atoms with Crippen LogP contribution in [0.5, 0.6) is 0 Å². The van der Waals surface area contributed by atoms with Crippen LogP contribution in [0.2, 0.25) is 0 Å². The molecule has 0 saturated heterocycles. The third-order valence-corrected chi connectivity index (χ3v) is 2.93. The minimum absolute atomic E-state index is 0.531. The highest BCUT2D eigenvalue weighted by molar-refractivity contribution is 14.1. The molecule has 0 aliphatic carbocycles. The summed E-state index contributed by atoms with van der Waals surface area (Å²) in [5.74, 6) is 0.959. The monoisotopic (exact) mass is 305 g/mol. The lowest BCUT2D eigenvalue weighted by molar-refractivity contribution is 0.620. The van der Waals surface area contributed by atoms with Crippen LogP contribution >= 0.6 is 22.6 Å². The van der Waals surface area contributed by atoms with E-state index in [0.717, 1.165) is 15.8 Å². The zero-order valence-corrected chi connectivity index (χ0v) is 10.8. The summed E-state index contributed by atoms with van der Waals surface area (Å²) in [6.07, 6.45) is 6.94. The molecule has 0 aromatic carbocycles. The van der Waals surface area contributed by atoms with Gasteiger partial charge in [0.05, 0.1) is 3.57 Å². The van der Waals surface area contributed by atoms with E-state index in [1.807, 2.05) is 6.20 Å². The summed E-state index contributed by atoms with van der Waals surface area (Å²) < 4.78 is 1.08. The van der Waals surface area contributed by atoms with Crippen LogP contribution in [-0.2, 0) is 0 Å². The number of anilines is 1. The largest absolute Gasteiger partial charge is 0.366 e. The lowest BCUT2D eigenvalue weighted by Crippen LogP contribution is -2.19. The molecule has 3 nitrogen and oxygen atoms in total. The SMILES string of the molecule is CCCC(CC)Nc1ncncc1I.